The fraction of sp³-hybridized carbons (Fsp3) is 0.227. The van der Waals surface area contributed by atoms with E-state index >= 15 is 0 Å². The molecule has 1 aliphatic heterocycles. The third-order valence-corrected chi connectivity index (χ3v) is 5.10. The van der Waals surface area contributed by atoms with E-state index in [2.05, 4.69) is 4.57 Å². The van der Waals surface area contributed by atoms with Gasteiger partial charge in [-0.15, -0.1) is 0 Å². The Labute approximate surface area is 162 Å². The van der Waals surface area contributed by atoms with Crippen LogP contribution in [0.5, 0.6) is 11.5 Å². The van der Waals surface area contributed by atoms with Gasteiger partial charge in [0.2, 0.25) is 6.79 Å². The second-order valence-electron chi connectivity index (χ2n) is 6.78. The summed E-state index contributed by atoms with van der Waals surface area (Å²) < 4.78 is 26.8. The van der Waals surface area contributed by atoms with Gasteiger partial charge in [0, 0.05) is 23.5 Å². The Hall–Kier alpha value is -3.28. The van der Waals surface area contributed by atoms with Crippen molar-refractivity contribution in [2.75, 3.05) is 6.79 Å². The molecule has 0 saturated heterocycles. The summed E-state index contributed by atoms with van der Waals surface area (Å²) in [5.41, 5.74) is 10.2. The third-order valence-electron chi connectivity index (χ3n) is 5.10. The minimum Gasteiger partial charge on any atom is -0.454 e. The molecule has 5 nitrogen and oxygen atoms in total. The molecule has 0 aliphatic carbocycles. The maximum absolute atomic E-state index is 13.9. The summed E-state index contributed by atoms with van der Waals surface area (Å²) in [5.74, 6) is 0.565. The zero-order chi connectivity index (χ0) is 19.8. The van der Waals surface area contributed by atoms with Crippen LogP contribution in [0, 0.1) is 12.7 Å². The van der Waals surface area contributed by atoms with E-state index in [0.717, 1.165) is 22.7 Å². The standard InChI is InChI=1S/C22H21FN2O3/c1-3-17-21(15-5-4-6-16(23)10-15)20(22(24)26)13(2)25(17)11-14-7-8-18-19(9-14)28-12-27-18/h4-10H,3,11-12H2,1-2H3,(H2,24,26). The number of rotatable bonds is 5. The molecule has 28 heavy (non-hydrogen) atoms. The Bertz CT molecular complexity index is 1070. The number of hydrogen-bond acceptors (Lipinski definition) is 3. The Morgan fingerprint density at radius 2 is 1.96 bits per heavy atom. The molecule has 0 fully saturated rings. The lowest BCUT2D eigenvalue weighted by Crippen LogP contribution is -2.13. The molecule has 0 radical (unpaired) electrons. The van der Waals surface area contributed by atoms with E-state index in [1.165, 1.54) is 12.1 Å². The topological polar surface area (TPSA) is 66.5 Å². The van der Waals surface area contributed by atoms with E-state index < -0.39 is 5.91 Å². The maximum Gasteiger partial charge on any atom is 0.251 e. The summed E-state index contributed by atoms with van der Waals surface area (Å²) >= 11 is 0. The van der Waals surface area contributed by atoms with Gasteiger partial charge in [0.25, 0.3) is 5.91 Å². The van der Waals surface area contributed by atoms with Crippen LogP contribution in [0.4, 0.5) is 4.39 Å². The molecule has 1 aromatic heterocycles. The summed E-state index contributed by atoms with van der Waals surface area (Å²) in [6.07, 6.45) is 0.671. The SMILES string of the molecule is CCc1c(-c2cccc(F)c2)c(C(N)=O)c(C)n1Cc1ccc2c(c1)OCO2. The quantitative estimate of drug-likeness (QED) is 0.726. The van der Waals surface area contributed by atoms with Gasteiger partial charge in [-0.2, -0.15) is 0 Å². The van der Waals surface area contributed by atoms with E-state index in [1.54, 1.807) is 12.1 Å². The highest BCUT2D eigenvalue weighted by atomic mass is 19.1. The van der Waals surface area contributed by atoms with E-state index in [4.69, 9.17) is 15.2 Å². The van der Waals surface area contributed by atoms with Crippen LogP contribution in [0.3, 0.4) is 0 Å². The molecule has 3 aromatic rings. The Balaban J connectivity index is 1.86. The highest BCUT2D eigenvalue weighted by Gasteiger charge is 2.24. The lowest BCUT2D eigenvalue weighted by Gasteiger charge is -2.12. The number of nitrogens with two attached hydrogens (primary N) is 1. The van der Waals surface area contributed by atoms with Crippen molar-refractivity contribution < 1.29 is 18.7 Å². The normalized spacial score (nSPS) is 12.4. The summed E-state index contributed by atoms with van der Waals surface area (Å²) in [4.78, 5) is 12.3. The van der Waals surface area contributed by atoms with E-state index in [-0.39, 0.29) is 12.6 Å². The molecule has 4 rings (SSSR count). The lowest BCUT2D eigenvalue weighted by atomic mass is 9.98. The molecule has 2 N–H and O–H groups in total. The largest absolute Gasteiger partial charge is 0.454 e. The monoisotopic (exact) mass is 380 g/mol. The van der Waals surface area contributed by atoms with Crippen LogP contribution >= 0.6 is 0 Å². The minimum atomic E-state index is -0.518. The van der Waals surface area contributed by atoms with Gasteiger partial charge >= 0.3 is 0 Å². The number of fused-ring (bicyclic) bond motifs is 1. The second kappa shape index (κ2) is 7.03. The Kier molecular flexibility index (Phi) is 4.55. The second-order valence-corrected chi connectivity index (χ2v) is 6.78. The van der Waals surface area contributed by atoms with E-state index in [1.807, 2.05) is 32.0 Å². The molecule has 0 bridgehead atoms. The summed E-state index contributed by atoms with van der Waals surface area (Å²) in [6.45, 7) is 4.64. The van der Waals surface area contributed by atoms with Crippen molar-refractivity contribution in [2.45, 2.75) is 26.8 Å². The molecular formula is C22H21FN2O3. The molecule has 0 spiro atoms. The maximum atomic E-state index is 13.9. The first-order valence-electron chi connectivity index (χ1n) is 9.15. The summed E-state index contributed by atoms with van der Waals surface area (Å²) in [6, 6.07) is 12.0. The third kappa shape index (κ3) is 3.01. The van der Waals surface area contributed by atoms with Gasteiger partial charge in [-0.25, -0.2) is 4.39 Å². The smallest absolute Gasteiger partial charge is 0.251 e. The molecular weight excluding hydrogens is 359 g/mol. The number of primary amides is 1. The molecule has 144 valence electrons. The lowest BCUT2D eigenvalue weighted by molar-refractivity contribution is 0.1000. The van der Waals surface area contributed by atoms with Gasteiger partial charge in [-0.1, -0.05) is 25.1 Å². The fourth-order valence-corrected chi connectivity index (χ4v) is 3.86. The number of nitrogens with zero attached hydrogens (tertiary/aromatic N) is 1. The number of carbonyl (C=O) groups excluding carboxylic acids is 1. The van der Waals surface area contributed by atoms with Crippen molar-refractivity contribution in [1.29, 1.82) is 0 Å². The van der Waals surface area contributed by atoms with Gasteiger partial charge in [-0.3, -0.25) is 4.79 Å². The first-order valence-corrected chi connectivity index (χ1v) is 9.15. The van der Waals surface area contributed by atoms with Crippen molar-refractivity contribution in [3.8, 4) is 22.6 Å². The predicted molar refractivity (Wildman–Crippen MR) is 104 cm³/mol. The number of hydrogen-bond donors (Lipinski definition) is 1. The van der Waals surface area contributed by atoms with Crippen LogP contribution in [0.25, 0.3) is 11.1 Å². The van der Waals surface area contributed by atoms with Crippen molar-refractivity contribution >= 4 is 5.91 Å². The van der Waals surface area contributed by atoms with Crippen molar-refractivity contribution in [2.24, 2.45) is 5.73 Å². The molecule has 0 saturated carbocycles. The Morgan fingerprint density at radius 1 is 1.18 bits per heavy atom. The van der Waals surface area contributed by atoms with Gasteiger partial charge in [0.05, 0.1) is 5.56 Å². The van der Waals surface area contributed by atoms with Crippen LogP contribution < -0.4 is 15.2 Å². The number of benzene rings is 2. The Morgan fingerprint density at radius 3 is 2.68 bits per heavy atom. The average molecular weight is 380 g/mol. The number of halogens is 1. The molecule has 2 aromatic carbocycles. The van der Waals surface area contributed by atoms with Crippen LogP contribution in [-0.4, -0.2) is 17.3 Å². The number of ether oxygens (including phenoxy) is 2. The number of amides is 1. The van der Waals surface area contributed by atoms with E-state index in [9.17, 15) is 9.18 Å². The molecule has 0 unspecified atom stereocenters. The summed E-state index contributed by atoms with van der Waals surface area (Å²) in [5, 5.41) is 0. The van der Waals surface area contributed by atoms with Crippen molar-refractivity contribution in [1.82, 2.24) is 4.57 Å². The minimum absolute atomic E-state index is 0.219. The molecule has 1 amide bonds. The predicted octanol–water partition coefficient (Wildman–Crippen LogP) is 4.04. The average Bonchev–Trinajstić information content (AvgIpc) is 3.24. The van der Waals surface area contributed by atoms with Crippen LogP contribution in [0.2, 0.25) is 0 Å². The first-order chi connectivity index (χ1) is 13.5. The molecule has 6 heteroatoms. The summed E-state index contributed by atoms with van der Waals surface area (Å²) in [7, 11) is 0. The highest BCUT2D eigenvalue weighted by molar-refractivity contribution is 6.02. The van der Waals surface area contributed by atoms with Crippen LogP contribution in [0.15, 0.2) is 42.5 Å². The first kappa shape index (κ1) is 18.1. The molecule has 0 atom stereocenters. The molecule has 2 heterocycles. The number of aromatic nitrogens is 1. The van der Waals surface area contributed by atoms with Gasteiger partial charge in [0.1, 0.15) is 5.82 Å². The van der Waals surface area contributed by atoms with Gasteiger partial charge in [-0.05, 0) is 48.7 Å². The van der Waals surface area contributed by atoms with Crippen molar-refractivity contribution in [3.05, 3.63) is 70.8 Å². The van der Waals surface area contributed by atoms with Crippen LogP contribution in [-0.2, 0) is 13.0 Å². The van der Waals surface area contributed by atoms with Gasteiger partial charge < -0.3 is 19.8 Å². The van der Waals surface area contributed by atoms with Crippen molar-refractivity contribution in [3.63, 3.8) is 0 Å². The van der Waals surface area contributed by atoms with Gasteiger partial charge in [0.15, 0.2) is 11.5 Å². The fourth-order valence-electron chi connectivity index (χ4n) is 3.86. The van der Waals surface area contributed by atoms with E-state index in [0.29, 0.717) is 35.4 Å². The highest BCUT2D eigenvalue weighted by Crippen LogP contribution is 2.36. The zero-order valence-corrected chi connectivity index (χ0v) is 15.8. The number of carbonyl (C=O) groups is 1. The molecule has 1 aliphatic rings. The van der Waals surface area contributed by atoms with Crippen LogP contribution in [0.1, 0.15) is 34.2 Å². The zero-order valence-electron chi connectivity index (χ0n) is 15.8.